The second kappa shape index (κ2) is 9.01. The first-order valence-electron chi connectivity index (χ1n) is 8.95. The highest BCUT2D eigenvalue weighted by atomic mass is 32.2. The van der Waals surface area contributed by atoms with Crippen molar-refractivity contribution in [3.05, 3.63) is 59.7 Å². The minimum Gasteiger partial charge on any atom is -0.478 e. The van der Waals surface area contributed by atoms with Gasteiger partial charge in [0.2, 0.25) is 10.0 Å². The molecule has 0 saturated carbocycles. The van der Waals surface area contributed by atoms with E-state index < -0.39 is 16.0 Å². The Morgan fingerprint density at radius 1 is 1.11 bits per heavy atom. The van der Waals surface area contributed by atoms with Crippen molar-refractivity contribution < 1.29 is 18.3 Å². The van der Waals surface area contributed by atoms with E-state index in [1.54, 1.807) is 6.92 Å². The molecule has 0 aliphatic heterocycles. The molecule has 0 radical (unpaired) electrons. The number of carbonyl (C=O) groups is 1. The minimum atomic E-state index is -3.78. The predicted octanol–water partition coefficient (Wildman–Crippen LogP) is 4.02. The van der Waals surface area contributed by atoms with Gasteiger partial charge in [0.1, 0.15) is 0 Å². The van der Waals surface area contributed by atoms with Crippen molar-refractivity contribution in [1.82, 2.24) is 4.72 Å². The van der Waals surface area contributed by atoms with Gasteiger partial charge >= 0.3 is 5.97 Å². The molecule has 2 aromatic rings. The van der Waals surface area contributed by atoms with Crippen molar-refractivity contribution >= 4 is 21.7 Å². The third-order valence-electron chi connectivity index (χ3n) is 4.28. The van der Waals surface area contributed by atoms with Crippen LogP contribution in [0, 0.1) is 0 Å². The average Bonchev–Trinajstić information content (AvgIpc) is 2.62. The van der Waals surface area contributed by atoms with Gasteiger partial charge in [0.05, 0.1) is 10.5 Å². The fraction of sp³-hybridized carbons (Fsp3) is 0.350. The van der Waals surface area contributed by atoms with E-state index in [-0.39, 0.29) is 22.5 Å². The summed E-state index contributed by atoms with van der Waals surface area (Å²) in [5, 5.41) is 12.7. The molecule has 27 heavy (non-hydrogen) atoms. The molecule has 2 aromatic carbocycles. The largest absolute Gasteiger partial charge is 0.478 e. The maximum atomic E-state index is 12.5. The van der Waals surface area contributed by atoms with Gasteiger partial charge in [-0.15, -0.1) is 0 Å². The molecule has 0 aliphatic rings. The molecule has 146 valence electrons. The van der Waals surface area contributed by atoms with Gasteiger partial charge in [-0.05, 0) is 44.0 Å². The quantitative estimate of drug-likeness (QED) is 0.601. The van der Waals surface area contributed by atoms with Gasteiger partial charge in [-0.3, -0.25) is 0 Å². The fourth-order valence-corrected chi connectivity index (χ4v) is 4.18. The molecule has 0 spiro atoms. The van der Waals surface area contributed by atoms with E-state index in [2.05, 4.69) is 10.0 Å². The zero-order chi connectivity index (χ0) is 20.0. The third kappa shape index (κ3) is 5.55. The first-order valence-corrected chi connectivity index (χ1v) is 10.4. The number of hydrogen-bond acceptors (Lipinski definition) is 4. The Morgan fingerprint density at radius 2 is 1.78 bits per heavy atom. The first-order chi connectivity index (χ1) is 12.7. The summed E-state index contributed by atoms with van der Waals surface area (Å²) in [4.78, 5) is 11.6. The molecule has 7 heteroatoms. The molecular formula is C20H26N2O4S. The van der Waals surface area contributed by atoms with E-state index in [4.69, 9.17) is 0 Å². The van der Waals surface area contributed by atoms with Crippen molar-refractivity contribution in [3.63, 3.8) is 0 Å². The van der Waals surface area contributed by atoms with Gasteiger partial charge in [-0.25, -0.2) is 17.9 Å². The number of rotatable bonds is 9. The molecule has 0 unspecified atom stereocenters. The summed E-state index contributed by atoms with van der Waals surface area (Å²) in [6, 6.07) is 13.4. The Labute approximate surface area is 160 Å². The Hall–Kier alpha value is -2.38. The first kappa shape index (κ1) is 20.9. The van der Waals surface area contributed by atoms with Gasteiger partial charge in [0.15, 0.2) is 0 Å². The summed E-state index contributed by atoms with van der Waals surface area (Å²) >= 11 is 0. The van der Waals surface area contributed by atoms with Crippen LogP contribution >= 0.6 is 0 Å². The van der Waals surface area contributed by atoms with E-state index in [9.17, 15) is 18.3 Å². The van der Waals surface area contributed by atoms with Crippen LogP contribution < -0.4 is 10.0 Å². The van der Waals surface area contributed by atoms with Crippen LogP contribution in [0.2, 0.25) is 0 Å². The highest BCUT2D eigenvalue weighted by molar-refractivity contribution is 7.89. The minimum absolute atomic E-state index is 0.0548. The maximum absolute atomic E-state index is 12.5. The monoisotopic (exact) mass is 390 g/mol. The zero-order valence-electron chi connectivity index (χ0n) is 15.8. The second-order valence-corrected chi connectivity index (χ2v) is 8.31. The van der Waals surface area contributed by atoms with Crippen LogP contribution in [0.5, 0.6) is 0 Å². The summed E-state index contributed by atoms with van der Waals surface area (Å²) < 4.78 is 27.6. The van der Waals surface area contributed by atoms with E-state index >= 15 is 0 Å². The van der Waals surface area contributed by atoms with E-state index in [0.717, 1.165) is 12.0 Å². The summed E-state index contributed by atoms with van der Waals surface area (Å²) in [5.74, 6) is -1.18. The maximum Gasteiger partial charge on any atom is 0.337 e. The second-order valence-electron chi connectivity index (χ2n) is 6.60. The highest BCUT2D eigenvalue weighted by Crippen LogP contribution is 2.25. The smallest absolute Gasteiger partial charge is 0.337 e. The lowest BCUT2D eigenvalue weighted by Gasteiger charge is -2.19. The molecule has 0 amide bonds. The van der Waals surface area contributed by atoms with E-state index in [1.165, 1.54) is 18.2 Å². The van der Waals surface area contributed by atoms with E-state index in [0.29, 0.717) is 12.1 Å². The SMILES string of the molecule is CCC[C@@H](C)NS(=O)(=O)c1ccc(N[C@@H](C)c2ccccc2)c(C(=O)O)c1. The van der Waals surface area contributed by atoms with Crippen LogP contribution in [0.1, 0.15) is 55.6 Å². The lowest BCUT2D eigenvalue weighted by molar-refractivity contribution is 0.0697. The fourth-order valence-electron chi connectivity index (χ4n) is 2.88. The molecular weight excluding hydrogens is 364 g/mol. The molecule has 0 fully saturated rings. The Morgan fingerprint density at radius 3 is 2.37 bits per heavy atom. The van der Waals surface area contributed by atoms with Gasteiger partial charge in [0, 0.05) is 17.8 Å². The summed E-state index contributed by atoms with van der Waals surface area (Å²) in [6.07, 6.45) is 1.56. The summed E-state index contributed by atoms with van der Waals surface area (Å²) in [6.45, 7) is 5.68. The topological polar surface area (TPSA) is 95.5 Å². The molecule has 0 saturated heterocycles. The van der Waals surface area contributed by atoms with Crippen LogP contribution in [0.15, 0.2) is 53.4 Å². The zero-order valence-corrected chi connectivity index (χ0v) is 16.6. The summed E-state index contributed by atoms with van der Waals surface area (Å²) in [5.41, 5.74) is 1.30. The van der Waals surface area contributed by atoms with Crippen LogP contribution in [0.3, 0.4) is 0 Å². The normalized spacial score (nSPS) is 13.7. The van der Waals surface area contributed by atoms with Crippen LogP contribution in [0.25, 0.3) is 0 Å². The molecule has 2 atom stereocenters. The van der Waals surface area contributed by atoms with Crippen LogP contribution in [-0.2, 0) is 10.0 Å². The standard InChI is InChI=1S/C20H26N2O4S/c1-4-8-14(2)22-27(25,26)17-11-12-19(18(13-17)20(23)24)21-15(3)16-9-6-5-7-10-16/h5-7,9-15,21-22H,4,8H2,1-3H3,(H,23,24)/t14-,15+/m1/s1. The third-order valence-corrected chi connectivity index (χ3v) is 5.87. The van der Waals surface area contributed by atoms with Crippen molar-refractivity contribution in [2.24, 2.45) is 0 Å². The molecule has 0 aromatic heterocycles. The molecule has 6 nitrogen and oxygen atoms in total. The number of aromatic carboxylic acids is 1. The lowest BCUT2D eigenvalue weighted by atomic mass is 10.1. The highest BCUT2D eigenvalue weighted by Gasteiger charge is 2.21. The average molecular weight is 391 g/mol. The van der Waals surface area contributed by atoms with Crippen LogP contribution in [-0.4, -0.2) is 25.5 Å². The van der Waals surface area contributed by atoms with Crippen molar-refractivity contribution in [3.8, 4) is 0 Å². The van der Waals surface area contributed by atoms with Crippen molar-refractivity contribution in [1.29, 1.82) is 0 Å². The van der Waals surface area contributed by atoms with Gasteiger partial charge in [0.25, 0.3) is 0 Å². The van der Waals surface area contributed by atoms with E-state index in [1.807, 2.05) is 44.2 Å². The molecule has 3 N–H and O–H groups in total. The number of benzene rings is 2. The van der Waals surface area contributed by atoms with Gasteiger partial charge in [-0.2, -0.15) is 0 Å². The lowest BCUT2D eigenvalue weighted by Crippen LogP contribution is -2.32. The molecule has 0 aliphatic carbocycles. The molecule has 2 rings (SSSR count). The number of sulfonamides is 1. The van der Waals surface area contributed by atoms with Crippen LogP contribution in [0.4, 0.5) is 5.69 Å². The van der Waals surface area contributed by atoms with Crippen molar-refractivity contribution in [2.75, 3.05) is 5.32 Å². The number of carboxylic acids is 1. The number of anilines is 1. The van der Waals surface area contributed by atoms with Gasteiger partial charge < -0.3 is 10.4 Å². The number of carboxylic acid groups (broad SMARTS) is 1. The van der Waals surface area contributed by atoms with Crippen molar-refractivity contribution in [2.45, 2.75) is 50.6 Å². The van der Waals surface area contributed by atoms with Gasteiger partial charge in [-0.1, -0.05) is 43.7 Å². The number of hydrogen-bond donors (Lipinski definition) is 3. The Balaban J connectivity index is 2.30. The molecule has 0 bridgehead atoms. The Kier molecular flexibility index (Phi) is 6.98. The Bertz CT molecular complexity index is 882. The predicted molar refractivity (Wildman–Crippen MR) is 107 cm³/mol. The summed E-state index contributed by atoms with van der Waals surface area (Å²) in [7, 11) is -3.78. The number of nitrogens with one attached hydrogen (secondary N) is 2. The molecule has 0 heterocycles.